The van der Waals surface area contributed by atoms with E-state index in [0.29, 0.717) is 55.7 Å². The van der Waals surface area contributed by atoms with E-state index in [1.807, 2.05) is 35.7 Å². The maximum absolute atomic E-state index is 12.8. The fourth-order valence-electron chi connectivity index (χ4n) is 3.91. The second-order valence-corrected chi connectivity index (χ2v) is 8.48. The van der Waals surface area contributed by atoms with E-state index in [1.165, 1.54) is 4.90 Å². The standard InChI is InChI=1S/C22H21N5O3S/c1-15-16-5-2-3-6-17(16)22(29)27(15)14-20(28)26-10-8-25(9-11-26)13-19-23-21(24-30-19)18-7-4-12-31-18/h2-7,12H,1,8-11,13-14H2. The highest BCUT2D eigenvalue weighted by molar-refractivity contribution is 7.13. The molecule has 2 aliphatic heterocycles. The van der Waals surface area contributed by atoms with Crippen molar-refractivity contribution in [3.8, 4) is 10.7 Å². The molecule has 0 unspecified atom stereocenters. The average molecular weight is 436 g/mol. The maximum atomic E-state index is 12.8. The molecule has 3 aromatic rings. The summed E-state index contributed by atoms with van der Waals surface area (Å²) in [4.78, 5) is 36.4. The molecule has 1 aromatic carbocycles. The van der Waals surface area contributed by atoms with E-state index in [9.17, 15) is 9.59 Å². The van der Waals surface area contributed by atoms with E-state index in [4.69, 9.17) is 4.52 Å². The summed E-state index contributed by atoms with van der Waals surface area (Å²) in [5.74, 6) is 0.945. The van der Waals surface area contributed by atoms with Gasteiger partial charge in [-0.3, -0.25) is 19.4 Å². The molecule has 31 heavy (non-hydrogen) atoms. The Morgan fingerprint density at radius 1 is 1.10 bits per heavy atom. The number of amides is 2. The lowest BCUT2D eigenvalue weighted by Crippen LogP contribution is -2.50. The van der Waals surface area contributed by atoms with E-state index in [1.54, 1.807) is 22.3 Å². The van der Waals surface area contributed by atoms with Crippen LogP contribution in [0.3, 0.4) is 0 Å². The van der Waals surface area contributed by atoms with Gasteiger partial charge in [-0.25, -0.2) is 0 Å². The molecule has 1 fully saturated rings. The zero-order valence-corrected chi connectivity index (χ0v) is 17.7. The molecule has 0 saturated carbocycles. The number of benzene rings is 1. The van der Waals surface area contributed by atoms with Crippen molar-refractivity contribution in [2.24, 2.45) is 0 Å². The average Bonchev–Trinajstić information content (AvgIpc) is 3.53. The Morgan fingerprint density at radius 2 is 1.87 bits per heavy atom. The number of aromatic nitrogens is 2. The minimum absolute atomic E-state index is 0.0141. The van der Waals surface area contributed by atoms with Crippen molar-refractivity contribution < 1.29 is 14.1 Å². The summed E-state index contributed by atoms with van der Waals surface area (Å²) in [7, 11) is 0. The third-order valence-electron chi connectivity index (χ3n) is 5.63. The van der Waals surface area contributed by atoms with E-state index in [0.717, 1.165) is 10.4 Å². The first-order chi connectivity index (χ1) is 15.1. The van der Waals surface area contributed by atoms with Crippen molar-refractivity contribution in [1.82, 2.24) is 24.8 Å². The fraction of sp³-hybridized carbons (Fsp3) is 0.273. The summed E-state index contributed by atoms with van der Waals surface area (Å²) >= 11 is 1.57. The number of nitrogens with zero attached hydrogens (tertiary/aromatic N) is 5. The van der Waals surface area contributed by atoms with Crippen LogP contribution in [0.2, 0.25) is 0 Å². The third kappa shape index (κ3) is 3.77. The molecule has 0 N–H and O–H groups in total. The molecule has 8 nitrogen and oxygen atoms in total. The molecule has 0 spiro atoms. The highest BCUT2D eigenvalue weighted by Crippen LogP contribution is 2.31. The second kappa shape index (κ2) is 8.09. The van der Waals surface area contributed by atoms with Crippen LogP contribution in [0.15, 0.2) is 52.9 Å². The molecule has 0 aliphatic carbocycles. The summed E-state index contributed by atoms with van der Waals surface area (Å²) in [5.41, 5.74) is 1.99. The molecule has 0 radical (unpaired) electrons. The van der Waals surface area contributed by atoms with Gasteiger partial charge in [0.25, 0.3) is 5.91 Å². The lowest BCUT2D eigenvalue weighted by Gasteiger charge is -2.34. The van der Waals surface area contributed by atoms with Crippen LogP contribution in [-0.2, 0) is 11.3 Å². The number of rotatable bonds is 5. The van der Waals surface area contributed by atoms with Gasteiger partial charge in [-0.05, 0) is 17.5 Å². The van der Waals surface area contributed by atoms with Crippen LogP contribution in [0.25, 0.3) is 16.4 Å². The lowest BCUT2D eigenvalue weighted by molar-refractivity contribution is -0.133. The van der Waals surface area contributed by atoms with Crippen LogP contribution < -0.4 is 0 Å². The van der Waals surface area contributed by atoms with Gasteiger partial charge in [-0.15, -0.1) is 11.3 Å². The van der Waals surface area contributed by atoms with Gasteiger partial charge in [-0.1, -0.05) is 36.0 Å². The van der Waals surface area contributed by atoms with Crippen LogP contribution >= 0.6 is 11.3 Å². The highest BCUT2D eigenvalue weighted by atomic mass is 32.1. The van der Waals surface area contributed by atoms with E-state index in [-0.39, 0.29) is 18.4 Å². The molecular weight excluding hydrogens is 414 g/mol. The summed E-state index contributed by atoms with van der Waals surface area (Å²) < 4.78 is 5.38. The van der Waals surface area contributed by atoms with Gasteiger partial charge in [0.2, 0.25) is 17.6 Å². The van der Waals surface area contributed by atoms with Crippen molar-refractivity contribution in [1.29, 1.82) is 0 Å². The molecule has 0 bridgehead atoms. The van der Waals surface area contributed by atoms with Crippen molar-refractivity contribution in [3.05, 3.63) is 65.4 Å². The molecule has 2 aromatic heterocycles. The van der Waals surface area contributed by atoms with Crippen LogP contribution in [-0.4, -0.2) is 69.4 Å². The molecule has 158 valence electrons. The topological polar surface area (TPSA) is 82.8 Å². The van der Waals surface area contributed by atoms with Crippen LogP contribution in [0.1, 0.15) is 21.8 Å². The minimum atomic E-state index is -0.162. The van der Waals surface area contributed by atoms with Gasteiger partial charge in [-0.2, -0.15) is 4.98 Å². The first-order valence-electron chi connectivity index (χ1n) is 10.1. The van der Waals surface area contributed by atoms with Gasteiger partial charge < -0.3 is 9.42 Å². The molecule has 1 saturated heterocycles. The maximum Gasteiger partial charge on any atom is 0.259 e. The number of hydrogen-bond acceptors (Lipinski definition) is 7. The first kappa shape index (κ1) is 19.7. The Hall–Kier alpha value is -3.30. The third-order valence-corrected chi connectivity index (χ3v) is 6.49. The van der Waals surface area contributed by atoms with Gasteiger partial charge >= 0.3 is 0 Å². The minimum Gasteiger partial charge on any atom is -0.339 e. The van der Waals surface area contributed by atoms with Crippen molar-refractivity contribution >= 4 is 28.8 Å². The Balaban J connectivity index is 1.15. The van der Waals surface area contributed by atoms with Crippen molar-refractivity contribution in [3.63, 3.8) is 0 Å². The van der Waals surface area contributed by atoms with Crippen molar-refractivity contribution in [2.75, 3.05) is 32.7 Å². The summed E-state index contributed by atoms with van der Waals surface area (Å²) in [6.07, 6.45) is 0. The van der Waals surface area contributed by atoms with Crippen LogP contribution in [0, 0.1) is 0 Å². The number of hydrogen-bond donors (Lipinski definition) is 0. The van der Waals surface area contributed by atoms with E-state index < -0.39 is 0 Å². The smallest absolute Gasteiger partial charge is 0.259 e. The predicted octanol–water partition coefficient (Wildman–Crippen LogP) is 2.57. The van der Waals surface area contributed by atoms with E-state index >= 15 is 0 Å². The van der Waals surface area contributed by atoms with Crippen LogP contribution in [0.5, 0.6) is 0 Å². The molecule has 2 aliphatic rings. The van der Waals surface area contributed by atoms with Crippen LogP contribution in [0.4, 0.5) is 0 Å². The Kier molecular flexibility index (Phi) is 5.13. The Labute approximate surface area is 183 Å². The largest absolute Gasteiger partial charge is 0.339 e. The number of fused-ring (bicyclic) bond motifs is 1. The van der Waals surface area contributed by atoms with Crippen molar-refractivity contribution in [2.45, 2.75) is 6.54 Å². The number of carbonyl (C=O) groups is 2. The van der Waals surface area contributed by atoms with E-state index in [2.05, 4.69) is 21.6 Å². The van der Waals surface area contributed by atoms with Gasteiger partial charge in [0.1, 0.15) is 6.54 Å². The summed E-state index contributed by atoms with van der Waals surface area (Å²) in [6, 6.07) is 11.2. The highest BCUT2D eigenvalue weighted by Gasteiger charge is 2.33. The van der Waals surface area contributed by atoms with Gasteiger partial charge in [0.15, 0.2) is 0 Å². The van der Waals surface area contributed by atoms with Gasteiger partial charge in [0, 0.05) is 43.0 Å². The fourth-order valence-corrected chi connectivity index (χ4v) is 4.56. The Morgan fingerprint density at radius 3 is 2.58 bits per heavy atom. The second-order valence-electron chi connectivity index (χ2n) is 7.53. The molecule has 2 amide bonds. The lowest BCUT2D eigenvalue weighted by atomic mass is 10.1. The monoisotopic (exact) mass is 435 g/mol. The first-order valence-corrected chi connectivity index (χ1v) is 10.9. The molecule has 0 atom stereocenters. The quantitative estimate of drug-likeness (QED) is 0.613. The molecule has 9 heteroatoms. The summed E-state index contributed by atoms with van der Waals surface area (Å²) in [6.45, 7) is 7.17. The van der Waals surface area contributed by atoms with Gasteiger partial charge in [0.05, 0.1) is 11.4 Å². The normalized spacial score (nSPS) is 16.8. The molecular formula is C22H21N5O3S. The molecule has 4 heterocycles. The predicted molar refractivity (Wildman–Crippen MR) is 116 cm³/mol. The zero-order valence-electron chi connectivity index (χ0n) is 16.9. The number of thiophene rings is 1. The SMILES string of the molecule is C=C1c2ccccc2C(=O)N1CC(=O)N1CCN(Cc2nc(-c3cccs3)no2)CC1. The molecule has 5 rings (SSSR count). The Bertz CT molecular complexity index is 1100. The zero-order chi connectivity index (χ0) is 21.4. The summed E-state index contributed by atoms with van der Waals surface area (Å²) in [5, 5.41) is 6.02. The number of piperazine rings is 1. The number of carbonyl (C=O) groups excluding carboxylic acids is 2.